The fraction of sp³-hybridized carbons (Fsp3) is 0.300. The molecule has 0 radical (unpaired) electrons. The van der Waals surface area contributed by atoms with E-state index < -0.39 is 0 Å². The van der Waals surface area contributed by atoms with Gasteiger partial charge in [-0.2, -0.15) is 0 Å². The first kappa shape index (κ1) is 10.7. The number of aliphatic hydroxyl groups excluding tert-OH is 1. The number of aliphatic hydroxyl groups is 1. The molecule has 1 aliphatic rings. The van der Waals surface area contributed by atoms with Crippen LogP contribution in [0.3, 0.4) is 0 Å². The SMILES string of the molecule is OCC1CC(c2c(Cl)cccc2Cl)=NO1. The lowest BCUT2D eigenvalue weighted by molar-refractivity contribution is 0.0390. The van der Waals surface area contributed by atoms with Crippen LogP contribution in [0.15, 0.2) is 23.4 Å². The predicted molar refractivity (Wildman–Crippen MR) is 59.6 cm³/mol. The number of hydrogen-bond acceptors (Lipinski definition) is 3. The molecule has 1 atom stereocenters. The highest BCUT2D eigenvalue weighted by Crippen LogP contribution is 2.28. The predicted octanol–water partition coefficient (Wildman–Crippen LogP) is 2.48. The first-order chi connectivity index (χ1) is 7.22. The summed E-state index contributed by atoms with van der Waals surface area (Å²) in [4.78, 5) is 5.00. The second-order valence-electron chi connectivity index (χ2n) is 3.25. The van der Waals surface area contributed by atoms with E-state index in [1.165, 1.54) is 0 Å². The Morgan fingerprint density at radius 1 is 1.40 bits per heavy atom. The van der Waals surface area contributed by atoms with Crippen molar-refractivity contribution in [1.82, 2.24) is 0 Å². The minimum atomic E-state index is -0.285. The highest BCUT2D eigenvalue weighted by Gasteiger charge is 2.24. The van der Waals surface area contributed by atoms with Crippen LogP contribution in [0.4, 0.5) is 0 Å². The van der Waals surface area contributed by atoms with Crippen LogP contribution in [-0.4, -0.2) is 23.5 Å². The molecule has 0 bridgehead atoms. The van der Waals surface area contributed by atoms with E-state index in [-0.39, 0.29) is 12.7 Å². The highest BCUT2D eigenvalue weighted by atomic mass is 35.5. The summed E-state index contributed by atoms with van der Waals surface area (Å²) in [7, 11) is 0. The Morgan fingerprint density at radius 2 is 2.07 bits per heavy atom. The largest absolute Gasteiger partial charge is 0.392 e. The molecular weight excluding hydrogens is 237 g/mol. The van der Waals surface area contributed by atoms with E-state index >= 15 is 0 Å². The Kier molecular flexibility index (Phi) is 3.14. The first-order valence-corrected chi connectivity index (χ1v) is 5.26. The number of hydrogen-bond donors (Lipinski definition) is 1. The fourth-order valence-electron chi connectivity index (χ4n) is 1.45. The molecule has 5 heteroatoms. The van der Waals surface area contributed by atoms with Crippen LogP contribution >= 0.6 is 23.2 Å². The lowest BCUT2D eigenvalue weighted by Crippen LogP contribution is -2.13. The molecule has 1 unspecified atom stereocenters. The number of benzene rings is 1. The smallest absolute Gasteiger partial charge is 0.156 e. The van der Waals surface area contributed by atoms with Gasteiger partial charge in [0, 0.05) is 12.0 Å². The maximum Gasteiger partial charge on any atom is 0.156 e. The zero-order chi connectivity index (χ0) is 10.8. The van der Waals surface area contributed by atoms with Crippen LogP contribution in [0, 0.1) is 0 Å². The molecule has 1 aromatic rings. The Bertz CT molecular complexity index is 386. The first-order valence-electron chi connectivity index (χ1n) is 4.50. The van der Waals surface area contributed by atoms with Crippen molar-refractivity contribution in [3.05, 3.63) is 33.8 Å². The Morgan fingerprint density at radius 3 is 2.60 bits per heavy atom. The quantitative estimate of drug-likeness (QED) is 0.870. The molecule has 0 amide bonds. The van der Waals surface area contributed by atoms with Gasteiger partial charge in [0.25, 0.3) is 0 Å². The van der Waals surface area contributed by atoms with Gasteiger partial charge >= 0.3 is 0 Å². The summed E-state index contributed by atoms with van der Waals surface area (Å²) in [5, 5.41) is 13.9. The molecule has 0 aromatic heterocycles. The minimum absolute atomic E-state index is 0.0604. The van der Waals surface area contributed by atoms with Gasteiger partial charge < -0.3 is 9.94 Å². The van der Waals surface area contributed by atoms with E-state index in [0.717, 1.165) is 0 Å². The Hall–Kier alpha value is -0.770. The Balaban J connectivity index is 2.31. The lowest BCUT2D eigenvalue weighted by atomic mass is 10.1. The molecule has 1 heterocycles. The molecule has 0 saturated heterocycles. The molecule has 3 nitrogen and oxygen atoms in total. The summed E-state index contributed by atoms with van der Waals surface area (Å²) in [6.45, 7) is -0.0604. The maximum atomic E-state index is 8.91. The molecule has 2 rings (SSSR count). The van der Waals surface area contributed by atoms with Crippen LogP contribution in [0.1, 0.15) is 12.0 Å². The van der Waals surface area contributed by atoms with Crippen molar-refractivity contribution in [3.63, 3.8) is 0 Å². The van der Waals surface area contributed by atoms with Crippen LogP contribution in [0.5, 0.6) is 0 Å². The zero-order valence-corrected chi connectivity index (χ0v) is 9.29. The van der Waals surface area contributed by atoms with Crippen molar-refractivity contribution in [2.24, 2.45) is 5.16 Å². The summed E-state index contributed by atoms with van der Waals surface area (Å²) in [6.07, 6.45) is 0.243. The van der Waals surface area contributed by atoms with Crippen molar-refractivity contribution >= 4 is 28.9 Å². The van der Waals surface area contributed by atoms with Crippen molar-refractivity contribution in [3.8, 4) is 0 Å². The van der Waals surface area contributed by atoms with Gasteiger partial charge in [0.15, 0.2) is 6.10 Å². The van der Waals surface area contributed by atoms with E-state index in [4.69, 9.17) is 33.1 Å². The molecule has 1 aliphatic heterocycles. The Labute approximate surface area is 97.2 Å². The number of oxime groups is 1. The zero-order valence-electron chi connectivity index (χ0n) is 7.78. The number of nitrogens with zero attached hydrogens (tertiary/aromatic N) is 1. The van der Waals surface area contributed by atoms with Crippen LogP contribution in [-0.2, 0) is 4.84 Å². The maximum absolute atomic E-state index is 8.91. The van der Waals surface area contributed by atoms with Crippen LogP contribution in [0.25, 0.3) is 0 Å². The van der Waals surface area contributed by atoms with Gasteiger partial charge in [-0.1, -0.05) is 34.4 Å². The third kappa shape index (κ3) is 2.09. The van der Waals surface area contributed by atoms with E-state index in [1.54, 1.807) is 18.2 Å². The monoisotopic (exact) mass is 245 g/mol. The van der Waals surface area contributed by atoms with Crippen LogP contribution < -0.4 is 0 Å². The van der Waals surface area contributed by atoms with Gasteiger partial charge in [-0.15, -0.1) is 0 Å². The van der Waals surface area contributed by atoms with Gasteiger partial charge in [-0.3, -0.25) is 0 Å². The normalized spacial score (nSPS) is 19.9. The third-order valence-electron chi connectivity index (χ3n) is 2.19. The average Bonchev–Trinajstić information content (AvgIpc) is 2.66. The molecule has 80 valence electrons. The number of rotatable bonds is 2. The van der Waals surface area contributed by atoms with Gasteiger partial charge in [0.1, 0.15) is 0 Å². The fourth-order valence-corrected chi connectivity index (χ4v) is 2.06. The molecule has 1 N–H and O–H groups in total. The number of halogens is 2. The second kappa shape index (κ2) is 4.39. The molecule has 0 aliphatic carbocycles. The third-order valence-corrected chi connectivity index (χ3v) is 2.82. The van der Waals surface area contributed by atoms with Crippen molar-refractivity contribution < 1.29 is 9.94 Å². The standard InChI is InChI=1S/C10H9Cl2NO2/c11-7-2-1-3-8(12)10(7)9-4-6(5-14)15-13-9/h1-3,6,14H,4-5H2. The van der Waals surface area contributed by atoms with E-state index in [2.05, 4.69) is 5.16 Å². The van der Waals surface area contributed by atoms with Gasteiger partial charge in [0.2, 0.25) is 0 Å². The molecule has 0 saturated carbocycles. The topological polar surface area (TPSA) is 41.8 Å². The van der Waals surface area contributed by atoms with E-state index in [9.17, 15) is 0 Å². The molecule has 0 spiro atoms. The van der Waals surface area contributed by atoms with Gasteiger partial charge in [-0.25, -0.2) is 0 Å². The molecule has 0 fully saturated rings. The van der Waals surface area contributed by atoms with Crippen LogP contribution in [0.2, 0.25) is 10.0 Å². The molecular formula is C10H9Cl2NO2. The van der Waals surface area contributed by atoms with Crippen molar-refractivity contribution in [2.75, 3.05) is 6.61 Å². The average molecular weight is 246 g/mol. The minimum Gasteiger partial charge on any atom is -0.392 e. The van der Waals surface area contributed by atoms with E-state index in [1.807, 2.05) is 0 Å². The molecule has 15 heavy (non-hydrogen) atoms. The lowest BCUT2D eigenvalue weighted by Gasteiger charge is -2.05. The molecule has 1 aromatic carbocycles. The second-order valence-corrected chi connectivity index (χ2v) is 4.06. The van der Waals surface area contributed by atoms with Crippen molar-refractivity contribution in [1.29, 1.82) is 0 Å². The van der Waals surface area contributed by atoms with Gasteiger partial charge in [-0.05, 0) is 12.1 Å². The summed E-state index contributed by atoms with van der Waals surface area (Å²) in [5.74, 6) is 0. The summed E-state index contributed by atoms with van der Waals surface area (Å²) >= 11 is 12.0. The highest BCUT2D eigenvalue weighted by molar-refractivity contribution is 6.40. The van der Waals surface area contributed by atoms with E-state index in [0.29, 0.717) is 27.7 Å². The summed E-state index contributed by atoms with van der Waals surface area (Å²) < 4.78 is 0. The summed E-state index contributed by atoms with van der Waals surface area (Å²) in [5.41, 5.74) is 1.38. The summed E-state index contributed by atoms with van der Waals surface area (Å²) in [6, 6.07) is 5.27. The van der Waals surface area contributed by atoms with Crippen molar-refractivity contribution in [2.45, 2.75) is 12.5 Å². The van der Waals surface area contributed by atoms with Gasteiger partial charge in [0.05, 0.1) is 22.4 Å².